The van der Waals surface area contributed by atoms with Crippen molar-refractivity contribution in [2.24, 2.45) is 0 Å². The molecule has 3 heteroatoms. The normalized spacial score (nSPS) is 11.1. The summed E-state index contributed by atoms with van der Waals surface area (Å²) in [4.78, 5) is 3.14. The van der Waals surface area contributed by atoms with Gasteiger partial charge in [-0.05, 0) is 55.6 Å². The summed E-state index contributed by atoms with van der Waals surface area (Å²) >= 11 is 4.36. The first-order chi connectivity index (χ1) is 8.65. The molecule has 0 saturated carbocycles. The standard InChI is InChI=1S/C15H19NOS/c1-16(2)8-3-9-17-14-6-4-12-5-7-15(18)11-13(12)10-14/h4-7,10-11,18H,3,8-9H2,1-2H3. The zero-order valence-corrected chi connectivity index (χ0v) is 11.8. The minimum absolute atomic E-state index is 0.754. The van der Waals surface area contributed by atoms with Gasteiger partial charge in [-0.2, -0.15) is 0 Å². The number of ether oxygens (including phenoxy) is 1. The third-order valence-corrected chi connectivity index (χ3v) is 3.09. The van der Waals surface area contributed by atoms with Gasteiger partial charge in [-0.25, -0.2) is 0 Å². The van der Waals surface area contributed by atoms with Gasteiger partial charge in [-0.3, -0.25) is 0 Å². The average Bonchev–Trinajstić information content (AvgIpc) is 2.34. The molecule has 0 fully saturated rings. The highest BCUT2D eigenvalue weighted by Gasteiger charge is 1.99. The minimum Gasteiger partial charge on any atom is -0.494 e. The second-order valence-electron chi connectivity index (χ2n) is 4.70. The van der Waals surface area contributed by atoms with E-state index in [2.05, 4.69) is 55.9 Å². The maximum absolute atomic E-state index is 5.75. The highest BCUT2D eigenvalue weighted by Crippen LogP contribution is 2.23. The molecule has 0 atom stereocenters. The van der Waals surface area contributed by atoms with Crippen LogP contribution in [0.2, 0.25) is 0 Å². The molecule has 0 unspecified atom stereocenters. The molecule has 0 aliphatic carbocycles. The van der Waals surface area contributed by atoms with Crippen LogP contribution in [0.15, 0.2) is 41.3 Å². The lowest BCUT2D eigenvalue weighted by Crippen LogP contribution is -2.15. The molecule has 96 valence electrons. The number of fused-ring (bicyclic) bond motifs is 1. The van der Waals surface area contributed by atoms with E-state index < -0.39 is 0 Å². The van der Waals surface area contributed by atoms with E-state index in [0.29, 0.717) is 0 Å². The van der Waals surface area contributed by atoms with Crippen molar-refractivity contribution in [2.45, 2.75) is 11.3 Å². The summed E-state index contributed by atoms with van der Waals surface area (Å²) in [7, 11) is 4.15. The van der Waals surface area contributed by atoms with Crippen molar-refractivity contribution in [1.82, 2.24) is 4.90 Å². The van der Waals surface area contributed by atoms with Gasteiger partial charge in [0.1, 0.15) is 5.75 Å². The van der Waals surface area contributed by atoms with Crippen LogP contribution in [-0.2, 0) is 0 Å². The lowest BCUT2D eigenvalue weighted by molar-refractivity contribution is 0.282. The molecule has 0 heterocycles. The van der Waals surface area contributed by atoms with E-state index in [9.17, 15) is 0 Å². The van der Waals surface area contributed by atoms with Gasteiger partial charge in [0.25, 0.3) is 0 Å². The molecule has 2 aromatic carbocycles. The number of thiol groups is 1. The van der Waals surface area contributed by atoms with Gasteiger partial charge in [-0.1, -0.05) is 12.1 Å². The predicted molar refractivity (Wildman–Crippen MR) is 79.9 cm³/mol. The van der Waals surface area contributed by atoms with Gasteiger partial charge in [-0.15, -0.1) is 12.6 Å². The summed E-state index contributed by atoms with van der Waals surface area (Å²) in [6, 6.07) is 12.3. The fourth-order valence-corrected chi connectivity index (χ4v) is 2.09. The lowest BCUT2D eigenvalue weighted by Gasteiger charge is -2.11. The van der Waals surface area contributed by atoms with Crippen LogP contribution in [0.5, 0.6) is 5.75 Å². The third-order valence-electron chi connectivity index (χ3n) is 2.81. The number of rotatable bonds is 5. The van der Waals surface area contributed by atoms with Crippen LogP contribution in [-0.4, -0.2) is 32.1 Å². The molecular weight excluding hydrogens is 242 g/mol. The molecule has 0 amide bonds. The zero-order chi connectivity index (χ0) is 13.0. The van der Waals surface area contributed by atoms with E-state index in [1.54, 1.807) is 0 Å². The van der Waals surface area contributed by atoms with Crippen molar-refractivity contribution in [1.29, 1.82) is 0 Å². The highest BCUT2D eigenvalue weighted by atomic mass is 32.1. The van der Waals surface area contributed by atoms with Gasteiger partial charge in [0.15, 0.2) is 0 Å². The van der Waals surface area contributed by atoms with Gasteiger partial charge in [0, 0.05) is 11.4 Å². The van der Waals surface area contributed by atoms with Gasteiger partial charge in [0.2, 0.25) is 0 Å². The van der Waals surface area contributed by atoms with Crippen LogP contribution < -0.4 is 4.74 Å². The van der Waals surface area contributed by atoms with Crippen LogP contribution in [0.1, 0.15) is 6.42 Å². The largest absolute Gasteiger partial charge is 0.494 e. The predicted octanol–water partition coefficient (Wildman–Crippen LogP) is 3.46. The van der Waals surface area contributed by atoms with Crippen molar-refractivity contribution in [3.05, 3.63) is 36.4 Å². The molecule has 0 aliphatic rings. The molecule has 0 spiro atoms. The number of hydrogen-bond donors (Lipinski definition) is 1. The highest BCUT2D eigenvalue weighted by molar-refractivity contribution is 7.80. The van der Waals surface area contributed by atoms with E-state index in [-0.39, 0.29) is 0 Å². The van der Waals surface area contributed by atoms with Gasteiger partial charge >= 0.3 is 0 Å². The summed E-state index contributed by atoms with van der Waals surface area (Å²) in [5, 5.41) is 2.39. The van der Waals surface area contributed by atoms with Gasteiger partial charge in [0.05, 0.1) is 6.61 Å². The summed E-state index contributed by atoms with van der Waals surface area (Å²) in [6.45, 7) is 1.80. The smallest absolute Gasteiger partial charge is 0.119 e. The molecule has 0 aromatic heterocycles. The maximum Gasteiger partial charge on any atom is 0.119 e. The van der Waals surface area contributed by atoms with E-state index in [1.807, 2.05) is 12.1 Å². The van der Waals surface area contributed by atoms with Crippen molar-refractivity contribution >= 4 is 23.4 Å². The molecule has 2 nitrogen and oxygen atoms in total. The zero-order valence-electron chi connectivity index (χ0n) is 10.9. The van der Waals surface area contributed by atoms with E-state index in [1.165, 1.54) is 10.8 Å². The van der Waals surface area contributed by atoms with Crippen molar-refractivity contribution in [3.8, 4) is 5.75 Å². The Balaban J connectivity index is 2.01. The quantitative estimate of drug-likeness (QED) is 0.653. The van der Waals surface area contributed by atoms with Crippen molar-refractivity contribution in [2.75, 3.05) is 27.2 Å². The first kappa shape index (κ1) is 13.2. The summed E-state index contributed by atoms with van der Waals surface area (Å²) in [5.41, 5.74) is 0. The summed E-state index contributed by atoms with van der Waals surface area (Å²) < 4.78 is 5.75. The summed E-state index contributed by atoms with van der Waals surface area (Å²) in [5.74, 6) is 0.931. The number of nitrogens with zero attached hydrogens (tertiary/aromatic N) is 1. The Labute approximate surface area is 114 Å². The van der Waals surface area contributed by atoms with Gasteiger partial charge < -0.3 is 9.64 Å². The fourth-order valence-electron chi connectivity index (χ4n) is 1.87. The summed E-state index contributed by atoms with van der Waals surface area (Å²) in [6.07, 6.45) is 1.04. The van der Waals surface area contributed by atoms with Crippen LogP contribution in [0, 0.1) is 0 Å². The Morgan fingerprint density at radius 2 is 1.83 bits per heavy atom. The number of hydrogen-bond acceptors (Lipinski definition) is 3. The molecule has 0 saturated heterocycles. The third kappa shape index (κ3) is 3.65. The van der Waals surface area contributed by atoms with Crippen LogP contribution in [0.3, 0.4) is 0 Å². The molecule has 2 aromatic rings. The van der Waals surface area contributed by atoms with E-state index in [0.717, 1.165) is 30.2 Å². The first-order valence-corrected chi connectivity index (χ1v) is 6.60. The fraction of sp³-hybridized carbons (Fsp3) is 0.333. The molecule has 18 heavy (non-hydrogen) atoms. The minimum atomic E-state index is 0.754. The monoisotopic (exact) mass is 261 g/mol. The Hall–Kier alpha value is -1.19. The Bertz CT molecular complexity index is 525. The molecular formula is C15H19NOS. The Morgan fingerprint density at radius 3 is 2.61 bits per heavy atom. The molecule has 0 N–H and O–H groups in total. The second kappa shape index (κ2) is 6.12. The Kier molecular flexibility index (Phi) is 4.50. The van der Waals surface area contributed by atoms with E-state index in [4.69, 9.17) is 4.74 Å². The lowest BCUT2D eigenvalue weighted by atomic mass is 10.1. The number of benzene rings is 2. The van der Waals surface area contributed by atoms with E-state index >= 15 is 0 Å². The van der Waals surface area contributed by atoms with Crippen molar-refractivity contribution < 1.29 is 4.74 Å². The maximum atomic E-state index is 5.75. The Morgan fingerprint density at radius 1 is 1.06 bits per heavy atom. The van der Waals surface area contributed by atoms with Crippen LogP contribution in [0.25, 0.3) is 10.8 Å². The first-order valence-electron chi connectivity index (χ1n) is 6.15. The topological polar surface area (TPSA) is 12.5 Å². The SMILES string of the molecule is CN(C)CCCOc1ccc2ccc(S)cc2c1. The van der Waals surface area contributed by atoms with Crippen LogP contribution >= 0.6 is 12.6 Å². The molecule has 2 rings (SSSR count). The molecule has 0 aliphatic heterocycles. The molecule has 0 bridgehead atoms. The van der Waals surface area contributed by atoms with Crippen molar-refractivity contribution in [3.63, 3.8) is 0 Å². The average molecular weight is 261 g/mol. The van der Waals surface area contributed by atoms with Crippen LogP contribution in [0.4, 0.5) is 0 Å². The molecule has 0 radical (unpaired) electrons. The second-order valence-corrected chi connectivity index (χ2v) is 5.21.